The molecule has 2 aromatic heterocycles. The highest BCUT2D eigenvalue weighted by molar-refractivity contribution is 7.09. The first-order valence-corrected chi connectivity index (χ1v) is 7.53. The van der Waals surface area contributed by atoms with Gasteiger partial charge in [0.15, 0.2) is 0 Å². The van der Waals surface area contributed by atoms with Gasteiger partial charge < -0.3 is 5.32 Å². The number of nitrogens with one attached hydrogen (secondary N) is 1. The van der Waals surface area contributed by atoms with Gasteiger partial charge >= 0.3 is 0 Å². The highest BCUT2D eigenvalue weighted by Gasteiger charge is 2.14. The summed E-state index contributed by atoms with van der Waals surface area (Å²) in [6, 6.07) is 2.24. The number of thiazole rings is 1. The first kappa shape index (κ1) is 13.9. The van der Waals surface area contributed by atoms with Gasteiger partial charge in [-0.3, -0.25) is 0 Å². The molecule has 1 N–H and O–H groups in total. The van der Waals surface area contributed by atoms with Crippen molar-refractivity contribution in [2.24, 2.45) is 0 Å². The molecule has 2 rings (SSSR count). The predicted molar refractivity (Wildman–Crippen MR) is 79.7 cm³/mol. The van der Waals surface area contributed by atoms with Gasteiger partial charge in [0.25, 0.3) is 0 Å². The van der Waals surface area contributed by atoms with E-state index in [1.807, 2.05) is 19.9 Å². The number of nitrogens with zero attached hydrogens (tertiary/aromatic N) is 3. The quantitative estimate of drug-likeness (QED) is 0.905. The number of anilines is 1. The van der Waals surface area contributed by atoms with Crippen LogP contribution in [0.2, 0.25) is 0 Å². The minimum absolute atomic E-state index is 0.220. The zero-order chi connectivity index (χ0) is 13.8. The van der Waals surface area contributed by atoms with Gasteiger partial charge in [-0.1, -0.05) is 13.8 Å². The van der Waals surface area contributed by atoms with E-state index in [1.165, 1.54) is 0 Å². The lowest BCUT2D eigenvalue weighted by Crippen LogP contribution is -2.12. The predicted octanol–water partition coefficient (Wildman–Crippen LogP) is 3.68. The molecule has 0 fully saturated rings. The maximum absolute atomic E-state index is 4.56. The largest absolute Gasteiger partial charge is 0.361 e. The van der Waals surface area contributed by atoms with Crippen LogP contribution in [0.1, 0.15) is 48.5 Å². The molecule has 19 heavy (non-hydrogen) atoms. The summed E-state index contributed by atoms with van der Waals surface area (Å²) in [6.45, 7) is 8.21. The van der Waals surface area contributed by atoms with Crippen molar-refractivity contribution in [2.45, 2.75) is 46.6 Å². The Bertz CT molecular complexity index is 550. The van der Waals surface area contributed by atoms with Crippen LogP contribution < -0.4 is 5.32 Å². The van der Waals surface area contributed by atoms with E-state index in [2.05, 4.69) is 39.5 Å². The average molecular weight is 276 g/mol. The van der Waals surface area contributed by atoms with Crippen molar-refractivity contribution in [3.63, 3.8) is 0 Å². The molecule has 2 heterocycles. The minimum atomic E-state index is 0.220. The Kier molecular flexibility index (Phi) is 4.47. The molecule has 0 amide bonds. The van der Waals surface area contributed by atoms with Crippen molar-refractivity contribution in [2.75, 3.05) is 5.32 Å². The lowest BCUT2D eigenvalue weighted by molar-refractivity contribution is 0.732. The Labute approximate surface area is 118 Å². The molecular weight excluding hydrogens is 256 g/mol. The summed E-state index contributed by atoms with van der Waals surface area (Å²) < 4.78 is 0. The van der Waals surface area contributed by atoms with Crippen LogP contribution in [-0.4, -0.2) is 15.0 Å². The number of hydrogen-bond acceptors (Lipinski definition) is 5. The van der Waals surface area contributed by atoms with Crippen LogP contribution in [0.3, 0.4) is 0 Å². The number of hydrogen-bond donors (Lipinski definition) is 1. The fraction of sp³-hybridized carbons (Fsp3) is 0.500. The fourth-order valence-corrected chi connectivity index (χ4v) is 2.86. The van der Waals surface area contributed by atoms with Gasteiger partial charge in [-0.2, -0.15) is 0 Å². The third-order valence-corrected chi connectivity index (χ3v) is 3.99. The zero-order valence-electron chi connectivity index (χ0n) is 11.9. The molecule has 0 spiro atoms. The molecule has 0 aliphatic rings. The normalized spacial score (nSPS) is 12.4. The van der Waals surface area contributed by atoms with E-state index in [9.17, 15) is 0 Å². The fourth-order valence-electron chi connectivity index (χ4n) is 1.93. The van der Waals surface area contributed by atoms with Crippen molar-refractivity contribution in [1.29, 1.82) is 0 Å². The molecule has 0 aromatic carbocycles. The number of aryl methyl sites for hydroxylation is 3. The summed E-state index contributed by atoms with van der Waals surface area (Å²) in [4.78, 5) is 13.4. The topological polar surface area (TPSA) is 50.7 Å². The second-order valence-corrected chi connectivity index (χ2v) is 5.47. The molecule has 2 aromatic rings. The first-order valence-electron chi connectivity index (χ1n) is 6.65. The summed E-state index contributed by atoms with van der Waals surface area (Å²) in [5, 5.41) is 6.68. The van der Waals surface area contributed by atoms with Crippen LogP contribution in [0.4, 0.5) is 5.82 Å². The third kappa shape index (κ3) is 3.50. The average Bonchev–Trinajstić information content (AvgIpc) is 2.81. The second kappa shape index (κ2) is 6.10. The van der Waals surface area contributed by atoms with E-state index >= 15 is 0 Å². The van der Waals surface area contributed by atoms with Gasteiger partial charge in [0.1, 0.15) is 16.6 Å². The minimum Gasteiger partial charge on any atom is -0.361 e. The summed E-state index contributed by atoms with van der Waals surface area (Å²) in [5.74, 6) is 1.70. The van der Waals surface area contributed by atoms with Crippen LogP contribution in [0.5, 0.6) is 0 Å². The standard InChI is InChI=1S/C14H20N4S/c1-5-11-7-13(17-10(4)16-11)18-12(6-2)14-15-9(3)8-19-14/h7-8,12H,5-6H2,1-4H3,(H,16,17,18). The van der Waals surface area contributed by atoms with E-state index in [1.54, 1.807) is 11.3 Å². The monoisotopic (exact) mass is 276 g/mol. The SMILES string of the molecule is CCc1cc(NC(CC)c2nc(C)cs2)nc(C)n1. The molecule has 4 nitrogen and oxygen atoms in total. The van der Waals surface area contributed by atoms with Crippen molar-refractivity contribution in [3.05, 3.63) is 33.7 Å². The van der Waals surface area contributed by atoms with Crippen molar-refractivity contribution in [3.8, 4) is 0 Å². The Hall–Kier alpha value is -1.49. The highest BCUT2D eigenvalue weighted by Crippen LogP contribution is 2.24. The van der Waals surface area contributed by atoms with Gasteiger partial charge in [0.2, 0.25) is 0 Å². The van der Waals surface area contributed by atoms with Gasteiger partial charge in [-0.25, -0.2) is 15.0 Å². The molecule has 0 radical (unpaired) electrons. The maximum atomic E-state index is 4.56. The van der Waals surface area contributed by atoms with Gasteiger partial charge in [-0.05, 0) is 26.7 Å². The number of rotatable bonds is 5. The van der Waals surface area contributed by atoms with E-state index in [-0.39, 0.29) is 6.04 Å². The highest BCUT2D eigenvalue weighted by atomic mass is 32.1. The van der Waals surface area contributed by atoms with Crippen molar-refractivity contribution < 1.29 is 0 Å². The summed E-state index contributed by atoms with van der Waals surface area (Å²) >= 11 is 1.70. The number of aromatic nitrogens is 3. The van der Waals surface area contributed by atoms with Crippen molar-refractivity contribution in [1.82, 2.24) is 15.0 Å². The second-order valence-electron chi connectivity index (χ2n) is 4.58. The molecule has 0 bridgehead atoms. The molecule has 0 aliphatic heterocycles. The lowest BCUT2D eigenvalue weighted by atomic mass is 10.2. The molecule has 0 saturated heterocycles. The van der Waals surface area contributed by atoms with E-state index in [4.69, 9.17) is 0 Å². The van der Waals surface area contributed by atoms with Gasteiger partial charge in [-0.15, -0.1) is 11.3 Å². The molecule has 5 heteroatoms. The van der Waals surface area contributed by atoms with Crippen LogP contribution in [-0.2, 0) is 6.42 Å². The summed E-state index contributed by atoms with van der Waals surface area (Å²) in [7, 11) is 0. The molecule has 102 valence electrons. The van der Waals surface area contributed by atoms with Gasteiger partial charge in [0, 0.05) is 22.8 Å². The van der Waals surface area contributed by atoms with Crippen LogP contribution >= 0.6 is 11.3 Å². The Morgan fingerprint density at radius 1 is 1.21 bits per heavy atom. The molecule has 1 atom stereocenters. The van der Waals surface area contributed by atoms with Crippen LogP contribution in [0.15, 0.2) is 11.4 Å². The molecular formula is C14H20N4S. The summed E-state index contributed by atoms with van der Waals surface area (Å²) in [5.41, 5.74) is 2.15. The zero-order valence-corrected chi connectivity index (χ0v) is 12.7. The first-order chi connectivity index (χ1) is 9.12. The van der Waals surface area contributed by atoms with Crippen LogP contribution in [0.25, 0.3) is 0 Å². The maximum Gasteiger partial charge on any atom is 0.130 e. The Morgan fingerprint density at radius 3 is 2.58 bits per heavy atom. The lowest BCUT2D eigenvalue weighted by Gasteiger charge is -2.16. The Balaban J connectivity index is 2.20. The van der Waals surface area contributed by atoms with Crippen LogP contribution in [0, 0.1) is 13.8 Å². The van der Waals surface area contributed by atoms with E-state index in [0.29, 0.717) is 0 Å². The molecule has 0 saturated carbocycles. The van der Waals surface area contributed by atoms with E-state index in [0.717, 1.165) is 40.9 Å². The van der Waals surface area contributed by atoms with Crippen molar-refractivity contribution >= 4 is 17.2 Å². The molecule has 0 aliphatic carbocycles. The smallest absolute Gasteiger partial charge is 0.130 e. The third-order valence-electron chi connectivity index (χ3n) is 2.92. The van der Waals surface area contributed by atoms with Gasteiger partial charge in [0.05, 0.1) is 6.04 Å². The van der Waals surface area contributed by atoms with E-state index < -0.39 is 0 Å². The summed E-state index contributed by atoms with van der Waals surface area (Å²) in [6.07, 6.45) is 1.91. The molecule has 1 unspecified atom stereocenters. The Morgan fingerprint density at radius 2 is 2.00 bits per heavy atom.